The minimum absolute atomic E-state index is 0.156. The van der Waals surface area contributed by atoms with Crippen molar-refractivity contribution in [2.75, 3.05) is 13.7 Å². The van der Waals surface area contributed by atoms with Crippen molar-refractivity contribution in [1.82, 2.24) is 5.32 Å². The largest absolute Gasteiger partial charge is 0.513 e. The molecule has 0 unspecified atom stereocenters. The Morgan fingerprint density at radius 2 is 2.19 bits per heavy atom. The molecule has 1 N–H and O–H groups in total. The van der Waals surface area contributed by atoms with Gasteiger partial charge in [-0.3, -0.25) is 0 Å². The van der Waals surface area contributed by atoms with E-state index < -0.39 is 6.16 Å². The number of hydrogen-bond donors (Lipinski definition) is 1. The number of hydrogen-bond acceptors (Lipinski definition) is 5. The Hall–Kier alpha value is -1.78. The first-order chi connectivity index (χ1) is 7.61. The average Bonchev–Trinajstić information content (AvgIpc) is 2.28. The molecule has 0 aromatic heterocycles. The molecule has 0 aliphatic carbocycles. The van der Waals surface area contributed by atoms with Gasteiger partial charge in [-0.1, -0.05) is 0 Å². The molecule has 0 atom stereocenters. The zero-order valence-electron chi connectivity index (χ0n) is 9.41. The second-order valence-electron chi connectivity index (χ2n) is 3.44. The Kier molecular flexibility index (Phi) is 4.57. The number of Topliss-reactive ketones (excluding diaryl/α,β-unsaturated/α-hetero) is 1. The van der Waals surface area contributed by atoms with E-state index in [1.165, 1.54) is 7.11 Å². The third-order valence-corrected chi connectivity index (χ3v) is 2.09. The van der Waals surface area contributed by atoms with Crippen molar-refractivity contribution in [2.45, 2.75) is 19.8 Å². The van der Waals surface area contributed by atoms with Crippen molar-refractivity contribution in [2.24, 2.45) is 0 Å². The molecule has 0 aromatic carbocycles. The van der Waals surface area contributed by atoms with Crippen molar-refractivity contribution in [3.05, 3.63) is 23.6 Å². The van der Waals surface area contributed by atoms with E-state index in [0.29, 0.717) is 25.1 Å². The summed E-state index contributed by atoms with van der Waals surface area (Å²) in [4.78, 5) is 21.6. The van der Waals surface area contributed by atoms with Gasteiger partial charge in [-0.2, -0.15) is 0 Å². The molecule has 1 aliphatic heterocycles. The van der Waals surface area contributed by atoms with Gasteiger partial charge in [0.15, 0.2) is 0 Å². The Balaban J connectivity index is 2.44. The molecule has 1 heterocycles. The van der Waals surface area contributed by atoms with Crippen LogP contribution in [-0.2, 0) is 14.3 Å². The lowest BCUT2D eigenvalue weighted by Gasteiger charge is -2.16. The van der Waals surface area contributed by atoms with Gasteiger partial charge in [-0.15, -0.1) is 0 Å². The zero-order valence-corrected chi connectivity index (χ0v) is 9.41. The van der Waals surface area contributed by atoms with Gasteiger partial charge in [-0.25, -0.2) is 4.79 Å². The van der Waals surface area contributed by atoms with E-state index in [-0.39, 0.29) is 5.78 Å². The highest BCUT2D eigenvalue weighted by molar-refractivity contribution is 5.75. The van der Waals surface area contributed by atoms with Gasteiger partial charge in [0.2, 0.25) is 0 Å². The molecule has 0 radical (unpaired) electrons. The normalized spacial score (nSPS) is 14.4. The van der Waals surface area contributed by atoms with Crippen LogP contribution in [-0.4, -0.2) is 25.6 Å². The Labute approximate surface area is 94.1 Å². The van der Waals surface area contributed by atoms with Crippen LogP contribution in [0.2, 0.25) is 0 Å². The number of nitrogens with one attached hydrogen (secondary N) is 1. The van der Waals surface area contributed by atoms with E-state index >= 15 is 0 Å². The second kappa shape index (κ2) is 5.95. The van der Waals surface area contributed by atoms with Crippen molar-refractivity contribution in [1.29, 1.82) is 0 Å². The molecule has 5 heteroatoms. The van der Waals surface area contributed by atoms with E-state index in [1.54, 1.807) is 19.1 Å². The van der Waals surface area contributed by atoms with Gasteiger partial charge in [0.1, 0.15) is 11.5 Å². The maximum Gasteiger partial charge on any atom is 0.513 e. The summed E-state index contributed by atoms with van der Waals surface area (Å²) in [6, 6.07) is 0. The van der Waals surface area contributed by atoms with Gasteiger partial charge < -0.3 is 19.6 Å². The van der Waals surface area contributed by atoms with Crippen LogP contribution in [0, 0.1) is 0 Å². The highest BCUT2D eigenvalue weighted by atomic mass is 16.7. The van der Waals surface area contributed by atoms with Gasteiger partial charge >= 0.3 is 6.16 Å². The first-order valence-electron chi connectivity index (χ1n) is 5.00. The maximum absolute atomic E-state index is 10.8. The first kappa shape index (κ1) is 12.3. The van der Waals surface area contributed by atoms with Crippen molar-refractivity contribution >= 4 is 11.9 Å². The van der Waals surface area contributed by atoms with Crippen LogP contribution < -0.4 is 5.32 Å². The van der Waals surface area contributed by atoms with E-state index in [2.05, 4.69) is 10.1 Å². The molecule has 0 fully saturated rings. The van der Waals surface area contributed by atoms with Gasteiger partial charge in [-0.05, 0) is 25.5 Å². The third-order valence-electron chi connectivity index (χ3n) is 2.09. The SMILES string of the molecule is COC(=O)OC1=CC=C(CCC(C)=O)NC1. The van der Waals surface area contributed by atoms with E-state index in [9.17, 15) is 9.59 Å². The number of allylic oxidation sites excluding steroid dienone is 3. The molecular weight excluding hydrogens is 210 g/mol. The Morgan fingerprint density at radius 3 is 2.69 bits per heavy atom. The number of carbonyl (C=O) groups is 2. The summed E-state index contributed by atoms with van der Waals surface area (Å²) in [6.07, 6.45) is 3.96. The summed E-state index contributed by atoms with van der Waals surface area (Å²) in [6.45, 7) is 1.99. The highest BCUT2D eigenvalue weighted by Gasteiger charge is 2.10. The summed E-state index contributed by atoms with van der Waals surface area (Å²) in [5.74, 6) is 0.654. The molecule has 1 rings (SSSR count). The lowest BCUT2D eigenvalue weighted by Crippen LogP contribution is -2.22. The van der Waals surface area contributed by atoms with E-state index in [1.807, 2.05) is 0 Å². The molecule has 88 valence electrons. The minimum Gasteiger partial charge on any atom is -0.437 e. The third kappa shape index (κ3) is 4.16. The molecule has 0 aromatic rings. The van der Waals surface area contributed by atoms with Crippen LogP contribution in [0.4, 0.5) is 4.79 Å². The highest BCUT2D eigenvalue weighted by Crippen LogP contribution is 2.10. The summed E-state index contributed by atoms with van der Waals surface area (Å²) in [5, 5.41) is 3.06. The van der Waals surface area contributed by atoms with E-state index in [0.717, 1.165) is 5.70 Å². The average molecular weight is 225 g/mol. The molecule has 0 saturated heterocycles. The summed E-state index contributed by atoms with van der Waals surface area (Å²) in [5.41, 5.74) is 0.965. The Bertz CT molecular complexity index is 344. The summed E-state index contributed by atoms with van der Waals surface area (Å²) >= 11 is 0. The molecule has 0 spiro atoms. The standard InChI is InChI=1S/C11H15NO4/c1-8(13)3-4-9-5-6-10(7-12-9)16-11(14)15-2/h5-6,12H,3-4,7H2,1-2H3. The number of dihydropyridines is 1. The van der Waals surface area contributed by atoms with Crippen LogP contribution in [0.1, 0.15) is 19.8 Å². The molecule has 1 aliphatic rings. The summed E-state index contributed by atoms with van der Waals surface area (Å²) in [7, 11) is 1.26. The molecule has 16 heavy (non-hydrogen) atoms. The van der Waals surface area contributed by atoms with Crippen LogP contribution in [0.25, 0.3) is 0 Å². The molecule has 0 amide bonds. The van der Waals surface area contributed by atoms with E-state index in [4.69, 9.17) is 4.74 Å². The van der Waals surface area contributed by atoms with Crippen LogP contribution in [0.15, 0.2) is 23.6 Å². The van der Waals surface area contributed by atoms with Gasteiger partial charge in [0, 0.05) is 12.1 Å². The van der Waals surface area contributed by atoms with Crippen molar-refractivity contribution in [3.8, 4) is 0 Å². The topological polar surface area (TPSA) is 64.6 Å². The number of ether oxygens (including phenoxy) is 2. The van der Waals surface area contributed by atoms with Crippen LogP contribution in [0.3, 0.4) is 0 Å². The zero-order chi connectivity index (χ0) is 12.0. The minimum atomic E-state index is -0.728. The lowest BCUT2D eigenvalue weighted by molar-refractivity contribution is -0.117. The number of methoxy groups -OCH3 is 1. The molecule has 0 saturated carbocycles. The predicted molar refractivity (Wildman–Crippen MR) is 57.6 cm³/mol. The van der Waals surface area contributed by atoms with Gasteiger partial charge in [0.05, 0.1) is 13.7 Å². The fraction of sp³-hybridized carbons (Fsp3) is 0.455. The van der Waals surface area contributed by atoms with Crippen LogP contribution >= 0.6 is 0 Å². The molecule has 5 nitrogen and oxygen atoms in total. The number of ketones is 1. The number of rotatable bonds is 4. The van der Waals surface area contributed by atoms with Crippen molar-refractivity contribution in [3.63, 3.8) is 0 Å². The van der Waals surface area contributed by atoms with Gasteiger partial charge in [0.25, 0.3) is 0 Å². The van der Waals surface area contributed by atoms with Crippen molar-refractivity contribution < 1.29 is 19.1 Å². The molecular formula is C11H15NO4. The van der Waals surface area contributed by atoms with Crippen LogP contribution in [0.5, 0.6) is 0 Å². The summed E-state index contributed by atoms with van der Waals surface area (Å²) < 4.78 is 9.20. The second-order valence-corrected chi connectivity index (χ2v) is 3.44. The number of carbonyl (C=O) groups excluding carboxylic acids is 2. The smallest absolute Gasteiger partial charge is 0.437 e. The fourth-order valence-electron chi connectivity index (χ4n) is 1.21. The Morgan fingerprint density at radius 1 is 1.44 bits per heavy atom. The maximum atomic E-state index is 10.8. The lowest BCUT2D eigenvalue weighted by atomic mass is 10.1. The quantitative estimate of drug-likeness (QED) is 0.735. The molecule has 0 bridgehead atoms. The monoisotopic (exact) mass is 225 g/mol. The predicted octanol–water partition coefficient (Wildman–Crippen LogP) is 1.51. The first-order valence-corrected chi connectivity index (χ1v) is 5.00. The fourth-order valence-corrected chi connectivity index (χ4v) is 1.21.